The Bertz CT molecular complexity index is 431. The van der Waals surface area contributed by atoms with Crippen molar-refractivity contribution in [1.29, 1.82) is 5.26 Å². The van der Waals surface area contributed by atoms with Crippen molar-refractivity contribution in [2.45, 2.75) is 18.3 Å². The molecule has 0 aromatic heterocycles. The Hall–Kier alpha value is -1.91. The van der Waals surface area contributed by atoms with Gasteiger partial charge in [0.1, 0.15) is 0 Å². The first-order valence-corrected chi connectivity index (χ1v) is 4.40. The largest absolute Gasteiger partial charge is 0.240 e. The topological polar surface area (TPSA) is 53.2 Å². The van der Waals surface area contributed by atoms with Crippen molar-refractivity contribution < 1.29 is 4.79 Å². The van der Waals surface area contributed by atoms with Crippen LogP contribution in [0.1, 0.15) is 18.4 Å². The van der Waals surface area contributed by atoms with Crippen LogP contribution in [0.3, 0.4) is 0 Å². The van der Waals surface area contributed by atoms with Crippen LogP contribution in [0, 0.1) is 11.3 Å². The lowest BCUT2D eigenvalue weighted by molar-refractivity contribution is 0.565. The summed E-state index contributed by atoms with van der Waals surface area (Å²) in [6.45, 7) is 0. The number of hydrogen-bond donors (Lipinski definition) is 0. The van der Waals surface area contributed by atoms with E-state index in [0.717, 1.165) is 18.4 Å². The first-order chi connectivity index (χ1) is 6.80. The Kier molecular flexibility index (Phi) is 1.92. The van der Waals surface area contributed by atoms with Crippen LogP contribution in [0.4, 0.5) is 5.69 Å². The van der Waals surface area contributed by atoms with Gasteiger partial charge in [-0.05, 0) is 30.5 Å². The summed E-state index contributed by atoms with van der Waals surface area (Å²) in [5, 5.41) is 8.95. The maximum Gasteiger partial charge on any atom is 0.240 e. The van der Waals surface area contributed by atoms with Gasteiger partial charge in [0, 0.05) is 0 Å². The van der Waals surface area contributed by atoms with E-state index in [1.165, 1.54) is 6.08 Å². The highest BCUT2D eigenvalue weighted by Crippen LogP contribution is 2.47. The van der Waals surface area contributed by atoms with Crippen molar-refractivity contribution in [2.24, 2.45) is 4.99 Å². The van der Waals surface area contributed by atoms with Gasteiger partial charge in [-0.3, -0.25) is 0 Å². The van der Waals surface area contributed by atoms with Crippen LogP contribution in [-0.2, 0) is 10.2 Å². The van der Waals surface area contributed by atoms with Crippen LogP contribution in [0.2, 0.25) is 0 Å². The number of rotatable bonds is 2. The van der Waals surface area contributed by atoms with Gasteiger partial charge in [0.2, 0.25) is 6.08 Å². The molecular formula is C11H8N2O. The van der Waals surface area contributed by atoms with Crippen LogP contribution in [0.5, 0.6) is 0 Å². The molecule has 0 heterocycles. The monoisotopic (exact) mass is 184 g/mol. The van der Waals surface area contributed by atoms with E-state index in [1.807, 2.05) is 12.1 Å². The maximum atomic E-state index is 9.98. The smallest absolute Gasteiger partial charge is 0.211 e. The molecule has 1 saturated carbocycles. The molecule has 2 rings (SSSR count). The number of nitriles is 1. The predicted octanol–water partition coefficient (Wildman–Crippen LogP) is 2.21. The summed E-state index contributed by atoms with van der Waals surface area (Å²) in [6.07, 6.45) is 3.34. The summed E-state index contributed by atoms with van der Waals surface area (Å²) in [6, 6.07) is 9.49. The molecule has 1 aromatic carbocycles. The zero-order valence-electron chi connectivity index (χ0n) is 7.53. The molecule has 1 aliphatic carbocycles. The van der Waals surface area contributed by atoms with E-state index in [9.17, 15) is 4.79 Å². The van der Waals surface area contributed by atoms with E-state index in [0.29, 0.717) is 5.69 Å². The van der Waals surface area contributed by atoms with E-state index in [2.05, 4.69) is 11.1 Å². The molecule has 1 fully saturated rings. The van der Waals surface area contributed by atoms with Gasteiger partial charge < -0.3 is 0 Å². The van der Waals surface area contributed by atoms with E-state index < -0.39 is 0 Å². The number of benzene rings is 1. The van der Waals surface area contributed by atoms with Crippen molar-refractivity contribution in [3.8, 4) is 6.07 Å². The molecule has 0 radical (unpaired) electrons. The fraction of sp³-hybridized carbons (Fsp3) is 0.273. The minimum atomic E-state index is -0.260. The molecule has 14 heavy (non-hydrogen) atoms. The minimum absolute atomic E-state index is 0.260. The van der Waals surface area contributed by atoms with Crippen molar-refractivity contribution in [3.05, 3.63) is 29.8 Å². The second-order valence-corrected chi connectivity index (χ2v) is 3.44. The summed E-state index contributed by atoms with van der Waals surface area (Å²) in [5.74, 6) is 0. The summed E-state index contributed by atoms with van der Waals surface area (Å²) in [7, 11) is 0. The van der Waals surface area contributed by atoms with Crippen LogP contribution in [0.25, 0.3) is 0 Å². The fourth-order valence-corrected chi connectivity index (χ4v) is 1.50. The first-order valence-electron chi connectivity index (χ1n) is 4.40. The van der Waals surface area contributed by atoms with Crippen molar-refractivity contribution in [3.63, 3.8) is 0 Å². The predicted molar refractivity (Wildman–Crippen MR) is 50.7 cm³/mol. The summed E-state index contributed by atoms with van der Waals surface area (Å²) in [5.41, 5.74) is 1.34. The van der Waals surface area contributed by atoms with E-state index in [4.69, 9.17) is 5.26 Å². The molecule has 1 aliphatic rings. The normalized spacial score (nSPS) is 16.5. The molecule has 0 spiro atoms. The van der Waals surface area contributed by atoms with Crippen LogP contribution < -0.4 is 0 Å². The average molecular weight is 184 g/mol. The van der Waals surface area contributed by atoms with Gasteiger partial charge in [0.15, 0.2) is 0 Å². The van der Waals surface area contributed by atoms with Crippen LogP contribution in [0.15, 0.2) is 29.3 Å². The molecule has 68 valence electrons. The van der Waals surface area contributed by atoms with Crippen molar-refractivity contribution in [1.82, 2.24) is 0 Å². The van der Waals surface area contributed by atoms with Crippen LogP contribution >= 0.6 is 0 Å². The van der Waals surface area contributed by atoms with E-state index in [-0.39, 0.29) is 5.41 Å². The molecule has 0 unspecified atom stereocenters. The molecule has 1 aromatic rings. The molecule has 3 nitrogen and oxygen atoms in total. The number of aliphatic imine (C=N–C) groups is 1. The Morgan fingerprint density at radius 2 is 1.93 bits per heavy atom. The molecular weight excluding hydrogens is 176 g/mol. The minimum Gasteiger partial charge on any atom is -0.211 e. The van der Waals surface area contributed by atoms with E-state index >= 15 is 0 Å². The molecule has 0 aliphatic heterocycles. The molecule has 0 N–H and O–H groups in total. The third kappa shape index (κ3) is 1.32. The summed E-state index contributed by atoms with van der Waals surface area (Å²) >= 11 is 0. The van der Waals surface area contributed by atoms with Crippen molar-refractivity contribution >= 4 is 11.8 Å². The van der Waals surface area contributed by atoms with Gasteiger partial charge in [-0.1, -0.05) is 12.1 Å². The van der Waals surface area contributed by atoms with Gasteiger partial charge in [0.25, 0.3) is 0 Å². The number of hydrogen-bond acceptors (Lipinski definition) is 3. The second-order valence-electron chi connectivity index (χ2n) is 3.44. The first kappa shape index (κ1) is 8.68. The van der Waals surface area contributed by atoms with Gasteiger partial charge in [-0.15, -0.1) is 0 Å². The molecule has 0 saturated heterocycles. The molecule has 0 bridgehead atoms. The highest BCUT2D eigenvalue weighted by Gasteiger charge is 2.44. The lowest BCUT2D eigenvalue weighted by atomic mass is 9.98. The lowest BCUT2D eigenvalue weighted by Gasteiger charge is -2.04. The average Bonchev–Trinajstić information content (AvgIpc) is 3.00. The van der Waals surface area contributed by atoms with Gasteiger partial charge >= 0.3 is 0 Å². The zero-order chi connectivity index (χ0) is 10.0. The maximum absolute atomic E-state index is 9.98. The SMILES string of the molecule is N#CC1(c2ccc(N=C=O)cc2)CC1. The quantitative estimate of drug-likeness (QED) is 0.522. The summed E-state index contributed by atoms with van der Waals surface area (Å²) < 4.78 is 0. The Morgan fingerprint density at radius 1 is 1.29 bits per heavy atom. The van der Waals surface area contributed by atoms with E-state index in [1.54, 1.807) is 12.1 Å². The van der Waals surface area contributed by atoms with Gasteiger partial charge in [0.05, 0.1) is 17.2 Å². The number of carbonyl (C=O) groups excluding carboxylic acids is 1. The fourth-order valence-electron chi connectivity index (χ4n) is 1.50. The Labute approximate surface area is 81.7 Å². The van der Waals surface area contributed by atoms with Crippen molar-refractivity contribution in [2.75, 3.05) is 0 Å². The van der Waals surface area contributed by atoms with Crippen LogP contribution in [-0.4, -0.2) is 6.08 Å². The van der Waals surface area contributed by atoms with Gasteiger partial charge in [-0.25, -0.2) is 4.79 Å². The molecule has 0 amide bonds. The highest BCUT2D eigenvalue weighted by molar-refractivity contribution is 5.51. The second kappa shape index (κ2) is 3.10. The third-order valence-corrected chi connectivity index (χ3v) is 2.56. The third-order valence-electron chi connectivity index (χ3n) is 2.56. The van der Waals surface area contributed by atoms with Gasteiger partial charge in [-0.2, -0.15) is 10.3 Å². The molecule has 0 atom stereocenters. The summed E-state index contributed by atoms with van der Waals surface area (Å²) in [4.78, 5) is 13.5. The lowest BCUT2D eigenvalue weighted by Crippen LogP contribution is -2.01. The molecule has 3 heteroatoms. The number of isocyanates is 1. The standard InChI is InChI=1S/C11H8N2O/c12-7-11(5-6-11)9-1-3-10(4-2-9)13-8-14/h1-4H,5-6H2. The Morgan fingerprint density at radius 3 is 2.36 bits per heavy atom. The Balaban J connectivity index is 2.32. The number of nitrogens with zero attached hydrogens (tertiary/aromatic N) is 2. The zero-order valence-corrected chi connectivity index (χ0v) is 7.53. The highest BCUT2D eigenvalue weighted by atomic mass is 16.1.